The third-order valence-electron chi connectivity index (χ3n) is 7.94. The van der Waals surface area contributed by atoms with Crippen LogP contribution in [-0.2, 0) is 19.1 Å². The van der Waals surface area contributed by atoms with Crippen molar-refractivity contribution in [3.05, 3.63) is 11.6 Å². The van der Waals surface area contributed by atoms with Gasteiger partial charge in [-0.25, -0.2) is 0 Å². The second-order valence-electron chi connectivity index (χ2n) is 9.27. The Morgan fingerprint density at radius 3 is 2.54 bits per heavy atom. The number of ketones is 2. The largest absolute Gasteiger partial charge is 0.462 e. The molecule has 0 aromatic rings. The zero-order valence-corrected chi connectivity index (χ0v) is 15.8. The molecule has 0 aliphatic heterocycles. The molecule has 0 radical (unpaired) electrons. The molecule has 0 unspecified atom stereocenters. The maximum atomic E-state index is 13.1. The summed E-state index contributed by atoms with van der Waals surface area (Å²) in [7, 11) is 0. The van der Waals surface area contributed by atoms with Crippen molar-refractivity contribution in [2.75, 3.05) is 0 Å². The zero-order chi connectivity index (χ0) is 18.9. The number of hydrogen-bond acceptors (Lipinski definition) is 5. The van der Waals surface area contributed by atoms with Gasteiger partial charge in [-0.15, -0.1) is 0 Å². The van der Waals surface area contributed by atoms with Crippen LogP contribution in [0.15, 0.2) is 11.6 Å². The molecule has 0 spiro atoms. The Hall–Kier alpha value is -1.49. The summed E-state index contributed by atoms with van der Waals surface area (Å²) in [6.07, 6.45) is 4.95. The van der Waals surface area contributed by atoms with Gasteiger partial charge >= 0.3 is 5.97 Å². The van der Waals surface area contributed by atoms with E-state index in [4.69, 9.17) is 4.74 Å². The van der Waals surface area contributed by atoms with Gasteiger partial charge in [-0.05, 0) is 43.1 Å². The van der Waals surface area contributed by atoms with Crippen molar-refractivity contribution < 1.29 is 24.2 Å². The van der Waals surface area contributed by atoms with Crippen LogP contribution in [0.25, 0.3) is 0 Å². The second kappa shape index (κ2) is 5.75. The Balaban J connectivity index is 1.69. The Labute approximate surface area is 154 Å². The highest BCUT2D eigenvalue weighted by atomic mass is 16.5. The number of Topliss-reactive ketones (excluding diaryl/α,β-unsaturated/α-hetero) is 1. The van der Waals surface area contributed by atoms with Crippen LogP contribution >= 0.6 is 0 Å². The summed E-state index contributed by atoms with van der Waals surface area (Å²) in [6.45, 7) is 5.59. The van der Waals surface area contributed by atoms with Gasteiger partial charge in [0, 0.05) is 37.0 Å². The maximum Gasteiger partial charge on any atom is 0.302 e. The molecule has 0 bridgehead atoms. The fourth-order valence-electron chi connectivity index (χ4n) is 6.53. The van der Waals surface area contributed by atoms with E-state index < -0.39 is 11.5 Å². The predicted octanol–water partition coefficient (Wildman–Crippen LogP) is 2.60. The molecule has 26 heavy (non-hydrogen) atoms. The average molecular weight is 360 g/mol. The van der Waals surface area contributed by atoms with Crippen LogP contribution < -0.4 is 0 Å². The smallest absolute Gasteiger partial charge is 0.302 e. The number of aliphatic hydroxyl groups is 1. The molecule has 4 rings (SSSR count). The van der Waals surface area contributed by atoms with E-state index in [-0.39, 0.29) is 53.2 Å². The van der Waals surface area contributed by atoms with Crippen molar-refractivity contribution in [1.29, 1.82) is 0 Å². The third-order valence-corrected chi connectivity index (χ3v) is 7.94. The summed E-state index contributed by atoms with van der Waals surface area (Å²) in [5, 5.41) is 10.6. The number of fused-ring (bicyclic) bond motifs is 5. The first-order valence-electron chi connectivity index (χ1n) is 9.80. The van der Waals surface area contributed by atoms with E-state index in [9.17, 15) is 19.5 Å². The molecule has 5 heteroatoms. The van der Waals surface area contributed by atoms with Crippen molar-refractivity contribution in [2.24, 2.45) is 28.6 Å². The lowest BCUT2D eigenvalue weighted by Gasteiger charge is -2.56. The number of rotatable bonds is 1. The molecule has 142 valence electrons. The SMILES string of the molecule is CC(=O)O[C@H]1CC[C@@]2(C)C(=CC(=O)[C@H]3[C@@H]4[C@H](O)CC(=O)[C@@]4(C)CC[C@@H]32)C1. The topological polar surface area (TPSA) is 80.7 Å². The Morgan fingerprint density at radius 2 is 1.85 bits per heavy atom. The van der Waals surface area contributed by atoms with Gasteiger partial charge in [0.15, 0.2) is 5.78 Å². The summed E-state index contributed by atoms with van der Waals surface area (Å²) in [4.78, 5) is 36.9. The lowest BCUT2D eigenvalue weighted by Crippen LogP contribution is -2.55. The first kappa shape index (κ1) is 17.9. The third kappa shape index (κ3) is 2.35. The van der Waals surface area contributed by atoms with Crippen molar-refractivity contribution in [3.8, 4) is 0 Å². The summed E-state index contributed by atoms with van der Waals surface area (Å²) < 4.78 is 5.40. The minimum atomic E-state index is -0.708. The molecule has 4 aliphatic carbocycles. The molecular weight excluding hydrogens is 332 g/mol. The van der Waals surface area contributed by atoms with Gasteiger partial charge in [0.2, 0.25) is 0 Å². The lowest BCUT2D eigenvalue weighted by molar-refractivity contribution is -0.150. The van der Waals surface area contributed by atoms with E-state index in [2.05, 4.69) is 6.92 Å². The standard InChI is InChI=1S/C21H28O5/c1-11(22)26-13-4-6-20(2)12(8-13)9-15(23)18-14(20)5-7-21(3)17(25)10-16(24)19(18)21/h9,13-14,16,18-19,24H,4-8,10H2,1-3H3/t13-,14-,16+,18-,19-,20-,21+/m0/s1. The highest BCUT2D eigenvalue weighted by Gasteiger charge is 2.63. The number of allylic oxidation sites excluding steroid dienone is 1. The van der Waals surface area contributed by atoms with Gasteiger partial charge in [0.1, 0.15) is 11.9 Å². The fraction of sp³-hybridized carbons (Fsp3) is 0.762. The first-order chi connectivity index (χ1) is 12.2. The lowest BCUT2D eigenvalue weighted by atomic mass is 9.47. The molecule has 1 N–H and O–H groups in total. The number of carbonyl (C=O) groups is 3. The zero-order valence-electron chi connectivity index (χ0n) is 15.8. The molecule has 0 saturated heterocycles. The van der Waals surface area contributed by atoms with Crippen LogP contribution in [0.4, 0.5) is 0 Å². The molecule has 3 saturated carbocycles. The molecule has 0 aromatic heterocycles. The van der Waals surface area contributed by atoms with E-state index in [1.54, 1.807) is 6.08 Å². The molecule has 0 amide bonds. The van der Waals surface area contributed by atoms with E-state index >= 15 is 0 Å². The van der Waals surface area contributed by atoms with Crippen LogP contribution in [0.5, 0.6) is 0 Å². The monoisotopic (exact) mass is 360 g/mol. The molecular formula is C21H28O5. The van der Waals surface area contributed by atoms with Gasteiger partial charge in [-0.3, -0.25) is 14.4 Å². The summed E-state index contributed by atoms with van der Waals surface area (Å²) in [5.41, 5.74) is 0.415. The number of ether oxygens (including phenoxy) is 1. The van der Waals surface area contributed by atoms with Crippen LogP contribution in [0.3, 0.4) is 0 Å². The first-order valence-corrected chi connectivity index (χ1v) is 9.80. The molecule has 0 heterocycles. The minimum absolute atomic E-state index is 0.0515. The van der Waals surface area contributed by atoms with Gasteiger partial charge in [0.25, 0.3) is 0 Å². The Bertz CT molecular complexity index is 709. The fourth-order valence-corrected chi connectivity index (χ4v) is 6.53. The highest BCUT2D eigenvalue weighted by Crippen LogP contribution is 2.63. The van der Waals surface area contributed by atoms with E-state index in [0.717, 1.165) is 31.3 Å². The van der Waals surface area contributed by atoms with Crippen molar-refractivity contribution in [3.63, 3.8) is 0 Å². The van der Waals surface area contributed by atoms with Crippen LogP contribution in [-0.4, -0.2) is 34.9 Å². The number of carbonyl (C=O) groups excluding carboxylic acids is 3. The van der Waals surface area contributed by atoms with E-state index in [0.29, 0.717) is 6.42 Å². The van der Waals surface area contributed by atoms with Crippen LogP contribution in [0.2, 0.25) is 0 Å². The van der Waals surface area contributed by atoms with Gasteiger partial charge in [0.05, 0.1) is 6.10 Å². The summed E-state index contributed by atoms with van der Waals surface area (Å²) in [5.74, 6) is -0.487. The summed E-state index contributed by atoms with van der Waals surface area (Å²) in [6, 6.07) is 0. The maximum absolute atomic E-state index is 13.1. The quantitative estimate of drug-likeness (QED) is 0.727. The molecule has 4 aliphatic rings. The predicted molar refractivity (Wildman–Crippen MR) is 94.0 cm³/mol. The van der Waals surface area contributed by atoms with E-state index in [1.165, 1.54) is 6.92 Å². The average Bonchev–Trinajstić information content (AvgIpc) is 2.78. The molecule has 0 aromatic carbocycles. The minimum Gasteiger partial charge on any atom is -0.462 e. The second-order valence-corrected chi connectivity index (χ2v) is 9.27. The van der Waals surface area contributed by atoms with Gasteiger partial charge in [-0.1, -0.05) is 19.4 Å². The van der Waals surface area contributed by atoms with Gasteiger partial charge < -0.3 is 9.84 Å². The Kier molecular flexibility index (Phi) is 3.96. The molecule has 5 nitrogen and oxygen atoms in total. The highest BCUT2D eigenvalue weighted by molar-refractivity contribution is 5.97. The number of aliphatic hydroxyl groups excluding tert-OH is 1. The van der Waals surface area contributed by atoms with E-state index in [1.807, 2.05) is 6.92 Å². The normalized spacial score (nSPS) is 47.5. The van der Waals surface area contributed by atoms with Crippen LogP contribution in [0, 0.1) is 28.6 Å². The number of hydrogen-bond donors (Lipinski definition) is 1. The van der Waals surface area contributed by atoms with Crippen LogP contribution in [0.1, 0.15) is 59.3 Å². The Morgan fingerprint density at radius 1 is 1.15 bits per heavy atom. The summed E-state index contributed by atoms with van der Waals surface area (Å²) >= 11 is 0. The molecule has 3 fully saturated rings. The number of esters is 1. The van der Waals surface area contributed by atoms with Crippen molar-refractivity contribution in [2.45, 2.75) is 71.5 Å². The van der Waals surface area contributed by atoms with Gasteiger partial charge in [-0.2, -0.15) is 0 Å². The van der Waals surface area contributed by atoms with Crippen molar-refractivity contribution >= 4 is 17.5 Å². The van der Waals surface area contributed by atoms with Crippen molar-refractivity contribution in [1.82, 2.24) is 0 Å². The molecule has 7 atom stereocenters.